The summed E-state index contributed by atoms with van der Waals surface area (Å²) in [5, 5.41) is 0. The van der Waals surface area contributed by atoms with Gasteiger partial charge in [-0.1, -0.05) is 6.08 Å². The molecule has 0 aromatic heterocycles. The average molecular weight is 448 g/mol. The highest BCUT2D eigenvalue weighted by molar-refractivity contribution is 5.04. The van der Waals surface area contributed by atoms with E-state index in [0.29, 0.717) is 0 Å². The van der Waals surface area contributed by atoms with Crippen molar-refractivity contribution in [3.05, 3.63) is 12.7 Å². The van der Waals surface area contributed by atoms with Crippen molar-refractivity contribution in [3.63, 3.8) is 0 Å². The van der Waals surface area contributed by atoms with Crippen molar-refractivity contribution in [3.8, 4) is 0 Å². The molecule has 0 radical (unpaired) electrons. The molecule has 0 saturated carbocycles. The van der Waals surface area contributed by atoms with E-state index in [1.54, 1.807) is 0 Å². The lowest BCUT2D eigenvalue weighted by atomic mass is 9.70. The topological polar surface area (TPSA) is 0 Å². The maximum absolute atomic E-state index is 13.9. The van der Waals surface area contributed by atoms with Gasteiger partial charge in [-0.25, -0.2) is 8.78 Å². The fraction of sp³-hybridized carbons (Fsp3) is 0.857. The molecule has 0 aromatic rings. The second-order valence-electron chi connectivity index (χ2n) is 6.15. The van der Waals surface area contributed by atoms with Gasteiger partial charge < -0.3 is 0 Å². The largest absolute Gasteiger partial charge is 0.431 e. The summed E-state index contributed by atoms with van der Waals surface area (Å²) in [6.07, 6.45) is -38.1. The van der Waals surface area contributed by atoms with Crippen molar-refractivity contribution >= 4 is 0 Å². The molecule has 2 unspecified atom stereocenters. The number of allylic oxidation sites excluding steroid dienone is 1. The Labute approximate surface area is 149 Å². The maximum atomic E-state index is 13.9. The first kappa shape index (κ1) is 26.8. The minimum atomic E-state index is -6.79. The van der Waals surface area contributed by atoms with Gasteiger partial charge >= 0.3 is 24.7 Å². The van der Waals surface area contributed by atoms with Gasteiger partial charge in [0.05, 0.1) is 5.41 Å². The molecule has 0 heterocycles. The van der Waals surface area contributed by atoms with Crippen molar-refractivity contribution in [2.24, 2.45) is 5.41 Å². The first-order valence-electron chi connectivity index (χ1n) is 7.35. The highest BCUT2D eigenvalue weighted by Crippen LogP contribution is 2.58. The summed E-state index contributed by atoms with van der Waals surface area (Å²) in [6.45, 7) is 2.76. The lowest BCUT2D eigenvalue weighted by Crippen LogP contribution is -2.58. The van der Waals surface area contributed by atoms with Gasteiger partial charge in [0.15, 0.2) is 6.17 Å². The number of alkyl halides is 14. The summed E-state index contributed by atoms with van der Waals surface area (Å²) < 4.78 is 179. The van der Waals surface area contributed by atoms with Crippen LogP contribution in [0.3, 0.4) is 0 Å². The van der Waals surface area contributed by atoms with Gasteiger partial charge in [0, 0.05) is 6.42 Å². The molecule has 0 aromatic carbocycles. The summed E-state index contributed by atoms with van der Waals surface area (Å²) in [4.78, 5) is 0. The predicted molar refractivity (Wildman–Crippen MR) is 68.7 cm³/mol. The predicted octanol–water partition coefficient (Wildman–Crippen LogP) is 7.40. The fourth-order valence-electron chi connectivity index (χ4n) is 2.51. The zero-order chi connectivity index (χ0) is 22.8. The Hall–Kier alpha value is -1.24. The van der Waals surface area contributed by atoms with Crippen molar-refractivity contribution in [1.82, 2.24) is 0 Å². The summed E-state index contributed by atoms with van der Waals surface area (Å²) in [7, 11) is 0. The zero-order valence-electron chi connectivity index (χ0n) is 13.7. The lowest BCUT2D eigenvalue weighted by Gasteiger charge is -2.41. The summed E-state index contributed by atoms with van der Waals surface area (Å²) >= 11 is 0. The van der Waals surface area contributed by atoms with Crippen molar-refractivity contribution in [2.75, 3.05) is 0 Å². The smallest absolute Gasteiger partial charge is 0.237 e. The Morgan fingerprint density at radius 3 is 1.43 bits per heavy atom. The molecule has 168 valence electrons. The minimum Gasteiger partial charge on any atom is -0.237 e. The Morgan fingerprint density at radius 2 is 1.14 bits per heavy atom. The van der Waals surface area contributed by atoms with E-state index in [2.05, 4.69) is 6.58 Å². The lowest BCUT2D eigenvalue weighted by molar-refractivity contribution is -0.361. The highest BCUT2D eigenvalue weighted by atomic mass is 19.4. The third-order valence-electron chi connectivity index (χ3n) is 4.09. The van der Waals surface area contributed by atoms with Crippen molar-refractivity contribution in [2.45, 2.75) is 68.6 Å². The molecule has 0 bridgehead atoms. The monoisotopic (exact) mass is 448 g/mol. The summed E-state index contributed by atoms with van der Waals surface area (Å²) in [6, 6.07) is 0. The van der Waals surface area contributed by atoms with Gasteiger partial charge in [-0.3, -0.25) is 0 Å². The van der Waals surface area contributed by atoms with Gasteiger partial charge in [0.2, 0.25) is 0 Å². The molecular weight excluding hydrogens is 434 g/mol. The fourth-order valence-corrected chi connectivity index (χ4v) is 2.51. The highest BCUT2D eigenvalue weighted by Gasteiger charge is 2.76. The zero-order valence-corrected chi connectivity index (χ0v) is 13.7. The molecule has 0 amide bonds. The molecule has 0 fully saturated rings. The van der Waals surface area contributed by atoms with Gasteiger partial charge in [0.1, 0.15) is 0 Å². The van der Waals surface area contributed by atoms with Crippen molar-refractivity contribution < 1.29 is 61.5 Å². The Bertz CT molecular complexity index is 494. The van der Waals surface area contributed by atoms with Crippen LogP contribution in [-0.4, -0.2) is 36.5 Å². The van der Waals surface area contributed by atoms with E-state index < -0.39 is 74.1 Å². The Morgan fingerprint density at radius 1 is 0.714 bits per heavy atom. The molecule has 0 N–H and O–H groups in total. The molecule has 0 aliphatic heterocycles. The van der Waals surface area contributed by atoms with E-state index in [9.17, 15) is 61.5 Å². The molecule has 0 spiro atoms. The molecule has 28 heavy (non-hydrogen) atoms. The normalized spacial score (nSPS) is 17.9. The van der Waals surface area contributed by atoms with Crippen LogP contribution in [0.5, 0.6) is 0 Å². The molecule has 2 atom stereocenters. The van der Waals surface area contributed by atoms with Crippen LogP contribution < -0.4 is 0 Å². The van der Waals surface area contributed by atoms with Gasteiger partial charge in [-0.05, 0) is 25.7 Å². The molecular formula is C14H14F14. The number of rotatable bonds is 8. The van der Waals surface area contributed by atoms with Crippen LogP contribution in [0.4, 0.5) is 61.5 Å². The first-order chi connectivity index (χ1) is 12.1. The second-order valence-corrected chi connectivity index (χ2v) is 6.15. The van der Waals surface area contributed by atoms with Crippen LogP contribution in [0, 0.1) is 5.41 Å². The van der Waals surface area contributed by atoms with Crippen LogP contribution in [0.15, 0.2) is 12.7 Å². The van der Waals surface area contributed by atoms with Crippen molar-refractivity contribution in [1.29, 1.82) is 0 Å². The standard InChI is InChI=1S/C14H14F14/c1-2-5-9(12(20,21)22,6-3-4-8(15)11(17,18)19)7-10(16,13(23,24)25)14(26,27)28/h2,8H,1,3-7H2. The van der Waals surface area contributed by atoms with Gasteiger partial charge in [-0.15, -0.1) is 6.58 Å². The van der Waals surface area contributed by atoms with E-state index in [4.69, 9.17) is 0 Å². The van der Waals surface area contributed by atoms with Crippen LogP contribution in [0.1, 0.15) is 32.1 Å². The van der Waals surface area contributed by atoms with Gasteiger partial charge in [-0.2, -0.15) is 52.7 Å². The number of hydrogen-bond acceptors (Lipinski definition) is 0. The maximum Gasteiger partial charge on any atom is 0.431 e. The molecule has 0 rings (SSSR count). The van der Waals surface area contributed by atoms with Crippen LogP contribution >= 0.6 is 0 Å². The SMILES string of the molecule is C=CCC(CCCC(F)C(F)(F)F)(CC(F)(C(F)(F)F)C(F)(F)F)C(F)(F)F. The van der Waals surface area contributed by atoms with Gasteiger partial charge in [0.25, 0.3) is 5.67 Å². The van der Waals surface area contributed by atoms with E-state index >= 15 is 0 Å². The molecule has 0 aliphatic carbocycles. The first-order valence-corrected chi connectivity index (χ1v) is 7.35. The second kappa shape index (κ2) is 8.25. The third kappa shape index (κ3) is 5.88. The number of halogens is 14. The minimum absolute atomic E-state index is 0.261. The Kier molecular flexibility index (Phi) is 7.88. The van der Waals surface area contributed by atoms with E-state index in [0.717, 1.165) is 0 Å². The molecule has 14 heteroatoms. The summed E-state index contributed by atoms with van der Waals surface area (Å²) in [5.74, 6) is 0. The third-order valence-corrected chi connectivity index (χ3v) is 4.09. The summed E-state index contributed by atoms with van der Waals surface area (Å²) in [5.41, 5.74) is -10.4. The number of hydrogen-bond donors (Lipinski definition) is 0. The Balaban J connectivity index is 6.03. The molecule has 0 aliphatic rings. The quantitative estimate of drug-likeness (QED) is 0.268. The van der Waals surface area contributed by atoms with Crippen LogP contribution in [-0.2, 0) is 0 Å². The molecule has 0 saturated heterocycles. The average Bonchev–Trinajstić information content (AvgIpc) is 2.42. The van der Waals surface area contributed by atoms with E-state index in [-0.39, 0.29) is 6.08 Å². The molecule has 0 nitrogen and oxygen atoms in total. The van der Waals surface area contributed by atoms with E-state index in [1.165, 1.54) is 0 Å². The van der Waals surface area contributed by atoms with Crippen LogP contribution in [0.25, 0.3) is 0 Å². The van der Waals surface area contributed by atoms with Crippen LogP contribution in [0.2, 0.25) is 0 Å². The van der Waals surface area contributed by atoms with E-state index in [1.807, 2.05) is 0 Å².